The van der Waals surface area contributed by atoms with Crippen molar-refractivity contribution in [2.75, 3.05) is 11.1 Å². The fraction of sp³-hybridized carbons (Fsp3) is 0.267. The van der Waals surface area contributed by atoms with Gasteiger partial charge in [-0.3, -0.25) is 5.32 Å². The highest BCUT2D eigenvalue weighted by molar-refractivity contribution is 5.91. The van der Waals surface area contributed by atoms with Crippen LogP contribution < -0.4 is 11.1 Å². The molecule has 3 aromatic heterocycles. The van der Waals surface area contributed by atoms with E-state index in [1.54, 1.807) is 31.5 Å². The number of carbonyl (C=O) groups excluding carboxylic acids is 1. The van der Waals surface area contributed by atoms with E-state index in [1.165, 1.54) is 0 Å². The van der Waals surface area contributed by atoms with E-state index in [0.717, 1.165) is 4.68 Å². The van der Waals surface area contributed by atoms with Crippen LogP contribution in [0.4, 0.5) is 16.4 Å². The lowest BCUT2D eigenvalue weighted by Crippen LogP contribution is -2.23. The van der Waals surface area contributed by atoms with Crippen LogP contribution in [0.25, 0.3) is 11.5 Å². The molecule has 0 saturated carbocycles. The van der Waals surface area contributed by atoms with Crippen molar-refractivity contribution >= 4 is 17.7 Å². The summed E-state index contributed by atoms with van der Waals surface area (Å²) >= 11 is 0. The molecule has 0 aliphatic heterocycles. The molecule has 0 saturated heterocycles. The zero-order valence-corrected chi connectivity index (χ0v) is 13.6. The quantitative estimate of drug-likeness (QED) is 0.761. The first-order chi connectivity index (χ1) is 11.5. The molecule has 0 spiro atoms. The Kier molecular flexibility index (Phi) is 3.98. The minimum absolute atomic E-state index is 0.196. The number of hydrogen-bond acceptors (Lipinski definition) is 6. The predicted octanol–water partition coefficient (Wildman–Crippen LogP) is 2.09. The Bertz CT molecular complexity index is 879. The van der Waals surface area contributed by atoms with Crippen LogP contribution in [0.5, 0.6) is 0 Å². The lowest BCUT2D eigenvalue weighted by atomic mass is 10.3. The molecule has 0 radical (unpaired) electrons. The average Bonchev–Trinajstić information content (AvgIpc) is 3.14. The first kappa shape index (κ1) is 15.7. The maximum absolute atomic E-state index is 12.3. The van der Waals surface area contributed by atoms with Gasteiger partial charge in [0.05, 0.1) is 5.69 Å². The van der Waals surface area contributed by atoms with Gasteiger partial charge in [0.1, 0.15) is 23.7 Å². The van der Waals surface area contributed by atoms with Gasteiger partial charge in [0.25, 0.3) is 0 Å². The number of nitrogens with two attached hydrogens (primary N) is 1. The van der Waals surface area contributed by atoms with Crippen LogP contribution in [0.1, 0.15) is 25.6 Å². The first-order valence-electron chi connectivity index (χ1n) is 7.46. The molecule has 24 heavy (non-hydrogen) atoms. The van der Waals surface area contributed by atoms with Crippen molar-refractivity contribution in [1.82, 2.24) is 29.5 Å². The molecule has 124 valence electrons. The molecule has 3 aromatic rings. The van der Waals surface area contributed by atoms with E-state index >= 15 is 0 Å². The average molecular weight is 326 g/mol. The molecule has 3 heterocycles. The van der Waals surface area contributed by atoms with E-state index in [9.17, 15) is 4.79 Å². The third-order valence-electron chi connectivity index (χ3n) is 3.39. The third kappa shape index (κ3) is 2.96. The van der Waals surface area contributed by atoms with Crippen LogP contribution in [0, 0.1) is 6.92 Å². The molecule has 0 aliphatic carbocycles. The number of nitrogens with one attached hydrogen (secondary N) is 1. The molecule has 3 N–H and O–H groups in total. The second kappa shape index (κ2) is 6.11. The van der Waals surface area contributed by atoms with Crippen molar-refractivity contribution < 1.29 is 4.79 Å². The number of aromatic nitrogens is 6. The van der Waals surface area contributed by atoms with Gasteiger partial charge < -0.3 is 10.3 Å². The molecule has 0 fully saturated rings. The fourth-order valence-corrected chi connectivity index (χ4v) is 2.28. The van der Waals surface area contributed by atoms with Crippen LogP contribution in [0.15, 0.2) is 30.6 Å². The van der Waals surface area contributed by atoms with Crippen molar-refractivity contribution in [2.24, 2.45) is 0 Å². The van der Waals surface area contributed by atoms with Crippen LogP contribution in [0.2, 0.25) is 0 Å². The number of hydrogen-bond donors (Lipinski definition) is 2. The number of nitrogens with zero attached hydrogens (tertiary/aromatic N) is 6. The molecule has 0 aliphatic rings. The molecule has 3 rings (SSSR count). The number of rotatable bonds is 3. The monoisotopic (exact) mass is 326 g/mol. The summed E-state index contributed by atoms with van der Waals surface area (Å²) in [5.41, 5.74) is 7.03. The molecule has 9 heteroatoms. The molecule has 0 bridgehead atoms. The van der Waals surface area contributed by atoms with Crippen molar-refractivity contribution in [1.29, 1.82) is 0 Å². The van der Waals surface area contributed by atoms with Gasteiger partial charge in [0.2, 0.25) is 0 Å². The Morgan fingerprint density at radius 2 is 2.12 bits per heavy atom. The highest BCUT2D eigenvalue weighted by atomic mass is 16.2. The molecular weight excluding hydrogens is 308 g/mol. The van der Waals surface area contributed by atoms with Gasteiger partial charge in [-0.25, -0.2) is 9.78 Å². The minimum atomic E-state index is -0.476. The van der Waals surface area contributed by atoms with Gasteiger partial charge in [0, 0.05) is 12.1 Å². The summed E-state index contributed by atoms with van der Waals surface area (Å²) < 4.78 is 3.00. The van der Waals surface area contributed by atoms with Gasteiger partial charge in [-0.2, -0.15) is 9.78 Å². The summed E-state index contributed by atoms with van der Waals surface area (Å²) in [6, 6.07) is 6.62. The number of nitrogen functional groups attached to an aromatic ring is 1. The maximum Gasteiger partial charge on any atom is 0.349 e. The summed E-state index contributed by atoms with van der Waals surface area (Å²) in [7, 11) is 0. The second-order valence-corrected chi connectivity index (χ2v) is 5.62. The Morgan fingerprint density at radius 3 is 2.79 bits per heavy atom. The summed E-state index contributed by atoms with van der Waals surface area (Å²) in [4.78, 5) is 16.7. The van der Waals surface area contributed by atoms with Gasteiger partial charge in [-0.1, -0.05) is 6.07 Å². The van der Waals surface area contributed by atoms with E-state index in [-0.39, 0.29) is 11.9 Å². The normalized spacial score (nSPS) is 11.0. The van der Waals surface area contributed by atoms with E-state index in [1.807, 2.05) is 24.5 Å². The molecule has 0 atom stereocenters. The minimum Gasteiger partial charge on any atom is -0.383 e. The highest BCUT2D eigenvalue weighted by Gasteiger charge is 2.14. The molecule has 0 unspecified atom stereocenters. The third-order valence-corrected chi connectivity index (χ3v) is 3.39. The highest BCUT2D eigenvalue weighted by Crippen LogP contribution is 2.19. The summed E-state index contributed by atoms with van der Waals surface area (Å²) in [5, 5.41) is 14.7. The SMILES string of the molecule is Cc1cc(N)n(C(=O)Nc2cccc(-c3nncn3C(C)C)n2)n1. The zero-order chi connectivity index (χ0) is 17.3. The Labute approximate surface area is 138 Å². The molecule has 0 aromatic carbocycles. The molecule has 9 nitrogen and oxygen atoms in total. The fourth-order valence-electron chi connectivity index (χ4n) is 2.28. The number of anilines is 2. The predicted molar refractivity (Wildman–Crippen MR) is 89.4 cm³/mol. The Hall–Kier alpha value is -3.23. The maximum atomic E-state index is 12.3. The van der Waals surface area contributed by atoms with Crippen LogP contribution >= 0.6 is 0 Å². The smallest absolute Gasteiger partial charge is 0.349 e. The van der Waals surface area contributed by atoms with Gasteiger partial charge in [-0.15, -0.1) is 10.2 Å². The summed E-state index contributed by atoms with van der Waals surface area (Å²) in [6.07, 6.45) is 1.65. The van der Waals surface area contributed by atoms with Gasteiger partial charge >= 0.3 is 6.03 Å². The van der Waals surface area contributed by atoms with Crippen molar-refractivity contribution in [3.05, 3.63) is 36.3 Å². The lowest BCUT2D eigenvalue weighted by molar-refractivity contribution is 0.251. The number of pyridine rings is 1. The summed E-state index contributed by atoms with van der Waals surface area (Å²) in [6.45, 7) is 5.82. The molecular formula is C15H18N8O. The number of carbonyl (C=O) groups is 1. The topological polar surface area (TPSA) is 117 Å². The van der Waals surface area contributed by atoms with Crippen LogP contribution in [-0.4, -0.2) is 35.6 Å². The first-order valence-corrected chi connectivity index (χ1v) is 7.46. The van der Waals surface area contributed by atoms with E-state index in [2.05, 4.69) is 25.6 Å². The molecule has 1 amide bonds. The lowest BCUT2D eigenvalue weighted by Gasteiger charge is -2.10. The van der Waals surface area contributed by atoms with E-state index in [0.29, 0.717) is 23.0 Å². The van der Waals surface area contributed by atoms with Crippen molar-refractivity contribution in [3.8, 4) is 11.5 Å². The largest absolute Gasteiger partial charge is 0.383 e. The van der Waals surface area contributed by atoms with Crippen LogP contribution in [0.3, 0.4) is 0 Å². The zero-order valence-electron chi connectivity index (χ0n) is 13.6. The van der Waals surface area contributed by atoms with Crippen LogP contribution in [-0.2, 0) is 0 Å². The van der Waals surface area contributed by atoms with E-state index in [4.69, 9.17) is 5.73 Å². The van der Waals surface area contributed by atoms with Crippen molar-refractivity contribution in [3.63, 3.8) is 0 Å². The van der Waals surface area contributed by atoms with Gasteiger partial charge in [-0.05, 0) is 32.9 Å². The second-order valence-electron chi connectivity index (χ2n) is 5.62. The number of amides is 1. The Morgan fingerprint density at radius 1 is 1.33 bits per heavy atom. The van der Waals surface area contributed by atoms with Gasteiger partial charge in [0.15, 0.2) is 5.82 Å². The Balaban J connectivity index is 1.87. The summed E-state index contributed by atoms with van der Waals surface area (Å²) in [5.74, 6) is 1.28. The van der Waals surface area contributed by atoms with Crippen molar-refractivity contribution in [2.45, 2.75) is 26.8 Å². The number of aryl methyl sites for hydroxylation is 1. The van der Waals surface area contributed by atoms with E-state index < -0.39 is 6.03 Å². The standard InChI is InChI=1S/C15H18N8O/c1-9(2)22-8-17-20-14(22)11-5-4-6-13(18-11)19-15(24)23-12(16)7-10(3)21-23/h4-9H,16H2,1-3H3,(H,18,19,24).